The van der Waals surface area contributed by atoms with Crippen molar-refractivity contribution in [2.24, 2.45) is 0 Å². The quantitative estimate of drug-likeness (QED) is 0.540. The highest BCUT2D eigenvalue weighted by atomic mass is 32.2. The van der Waals surface area contributed by atoms with Gasteiger partial charge in [0.2, 0.25) is 6.41 Å². The first-order valence-corrected chi connectivity index (χ1v) is 4.35. The summed E-state index contributed by atoms with van der Waals surface area (Å²) >= 11 is 1.82. The number of thioether (sulfide) groups is 1. The van der Waals surface area contributed by atoms with E-state index in [2.05, 4.69) is 0 Å². The third kappa shape index (κ3) is 1.64. The third-order valence-corrected chi connectivity index (χ3v) is 2.52. The van der Waals surface area contributed by atoms with Gasteiger partial charge in [0.15, 0.2) is 0 Å². The summed E-state index contributed by atoms with van der Waals surface area (Å²) < 4.78 is 5.07. The van der Waals surface area contributed by atoms with Crippen LogP contribution in [0.4, 0.5) is 0 Å². The average Bonchev–Trinajstić information content (AvgIpc) is 2.04. The molecule has 1 aliphatic rings. The van der Waals surface area contributed by atoms with Crippen LogP contribution in [0.2, 0.25) is 0 Å². The standard InChI is InChI=1S/C6H11NO2S/c1-9-6-4-10-3-2-7(6)5-8/h5-6H,2-4H2,1H3. The zero-order valence-electron chi connectivity index (χ0n) is 5.95. The van der Waals surface area contributed by atoms with Gasteiger partial charge in [0.05, 0.1) is 0 Å². The minimum absolute atomic E-state index is 0.00347. The Kier molecular flexibility index (Phi) is 3.02. The van der Waals surface area contributed by atoms with E-state index in [1.54, 1.807) is 12.0 Å². The van der Waals surface area contributed by atoms with Gasteiger partial charge in [-0.05, 0) is 0 Å². The molecule has 1 saturated heterocycles. The molecule has 58 valence electrons. The lowest BCUT2D eigenvalue weighted by Crippen LogP contribution is -2.42. The molecule has 3 nitrogen and oxygen atoms in total. The maximum atomic E-state index is 10.4. The van der Waals surface area contributed by atoms with E-state index in [4.69, 9.17) is 4.74 Å². The van der Waals surface area contributed by atoms with Gasteiger partial charge in [-0.1, -0.05) is 0 Å². The molecule has 0 spiro atoms. The Balaban J connectivity index is 2.41. The van der Waals surface area contributed by atoms with Crippen molar-refractivity contribution in [2.75, 3.05) is 25.2 Å². The number of ether oxygens (including phenoxy) is 1. The van der Waals surface area contributed by atoms with Gasteiger partial charge >= 0.3 is 0 Å². The van der Waals surface area contributed by atoms with Crippen LogP contribution in [0.1, 0.15) is 0 Å². The molecule has 1 fully saturated rings. The zero-order valence-corrected chi connectivity index (χ0v) is 6.76. The molecule has 10 heavy (non-hydrogen) atoms. The molecule has 0 bridgehead atoms. The fourth-order valence-corrected chi connectivity index (χ4v) is 1.95. The smallest absolute Gasteiger partial charge is 0.211 e. The summed E-state index contributed by atoms with van der Waals surface area (Å²) in [6.45, 7) is 0.812. The fourth-order valence-electron chi connectivity index (χ4n) is 0.918. The number of rotatable bonds is 2. The molecule has 1 amide bonds. The van der Waals surface area contributed by atoms with Crippen molar-refractivity contribution < 1.29 is 9.53 Å². The monoisotopic (exact) mass is 161 g/mol. The van der Waals surface area contributed by atoms with Gasteiger partial charge in [-0.15, -0.1) is 0 Å². The second-order valence-corrected chi connectivity index (χ2v) is 3.26. The van der Waals surface area contributed by atoms with E-state index < -0.39 is 0 Å². The third-order valence-electron chi connectivity index (χ3n) is 1.53. The Labute approximate surface area is 64.7 Å². The maximum Gasteiger partial charge on any atom is 0.211 e. The van der Waals surface area contributed by atoms with Crippen LogP contribution >= 0.6 is 11.8 Å². The highest BCUT2D eigenvalue weighted by Gasteiger charge is 2.19. The molecule has 1 atom stereocenters. The fraction of sp³-hybridized carbons (Fsp3) is 0.833. The summed E-state index contributed by atoms with van der Waals surface area (Å²) in [7, 11) is 1.63. The van der Waals surface area contributed by atoms with Crippen molar-refractivity contribution in [1.82, 2.24) is 4.90 Å². The molecule has 4 heteroatoms. The zero-order chi connectivity index (χ0) is 7.40. The van der Waals surface area contributed by atoms with E-state index in [1.807, 2.05) is 11.8 Å². The highest BCUT2D eigenvalue weighted by Crippen LogP contribution is 2.14. The van der Waals surface area contributed by atoms with E-state index >= 15 is 0 Å². The first kappa shape index (κ1) is 7.88. The molecule has 1 unspecified atom stereocenters. The van der Waals surface area contributed by atoms with Crippen molar-refractivity contribution in [3.63, 3.8) is 0 Å². The van der Waals surface area contributed by atoms with Gasteiger partial charge in [0, 0.05) is 25.2 Å². The molecule has 0 saturated carbocycles. The Morgan fingerprint density at radius 3 is 3.10 bits per heavy atom. The molecule has 0 aromatic heterocycles. The molecule has 1 rings (SSSR count). The van der Waals surface area contributed by atoms with E-state index in [1.165, 1.54) is 0 Å². The lowest BCUT2D eigenvalue weighted by atomic mass is 10.5. The largest absolute Gasteiger partial charge is 0.361 e. The summed E-state index contributed by atoms with van der Waals surface area (Å²) in [6, 6.07) is 0. The number of carbonyl (C=O) groups excluding carboxylic acids is 1. The number of carbonyl (C=O) groups is 1. The molecule has 0 aromatic rings. The lowest BCUT2D eigenvalue weighted by molar-refractivity contribution is -0.128. The summed E-state index contributed by atoms with van der Waals surface area (Å²) in [5, 5.41) is 0. The molecular formula is C6H11NO2S. The first-order valence-electron chi connectivity index (χ1n) is 3.20. The van der Waals surface area contributed by atoms with Gasteiger partial charge in [-0.25, -0.2) is 0 Å². The second-order valence-electron chi connectivity index (χ2n) is 2.11. The number of nitrogens with zero attached hydrogens (tertiary/aromatic N) is 1. The van der Waals surface area contributed by atoms with Gasteiger partial charge in [0.1, 0.15) is 6.23 Å². The lowest BCUT2D eigenvalue weighted by Gasteiger charge is -2.30. The summed E-state index contributed by atoms with van der Waals surface area (Å²) in [6.07, 6.45) is 0.852. The number of methoxy groups -OCH3 is 1. The summed E-state index contributed by atoms with van der Waals surface area (Å²) in [5.74, 6) is 1.92. The van der Waals surface area contributed by atoms with E-state index in [0.717, 1.165) is 24.5 Å². The van der Waals surface area contributed by atoms with Crippen LogP contribution in [0.5, 0.6) is 0 Å². The molecule has 0 aromatic carbocycles. The van der Waals surface area contributed by atoms with Crippen LogP contribution in [0, 0.1) is 0 Å². The molecule has 1 heterocycles. The van der Waals surface area contributed by atoms with Crippen molar-refractivity contribution >= 4 is 18.2 Å². The normalized spacial score (nSPS) is 26.5. The Bertz CT molecular complexity index is 120. The topological polar surface area (TPSA) is 29.5 Å². The molecule has 1 aliphatic heterocycles. The van der Waals surface area contributed by atoms with Crippen molar-refractivity contribution in [3.05, 3.63) is 0 Å². The minimum atomic E-state index is -0.00347. The van der Waals surface area contributed by atoms with Crippen molar-refractivity contribution in [3.8, 4) is 0 Å². The predicted molar refractivity (Wildman–Crippen MR) is 40.9 cm³/mol. The number of hydrogen-bond donors (Lipinski definition) is 0. The van der Waals surface area contributed by atoms with Crippen LogP contribution in [0.15, 0.2) is 0 Å². The van der Waals surface area contributed by atoms with E-state index in [0.29, 0.717) is 0 Å². The Morgan fingerprint density at radius 1 is 1.80 bits per heavy atom. The summed E-state index contributed by atoms with van der Waals surface area (Å²) in [5.41, 5.74) is 0. The highest BCUT2D eigenvalue weighted by molar-refractivity contribution is 7.99. The van der Waals surface area contributed by atoms with Crippen molar-refractivity contribution in [1.29, 1.82) is 0 Å². The molecule has 0 N–H and O–H groups in total. The molecule has 0 radical (unpaired) electrons. The Hall–Kier alpha value is -0.220. The average molecular weight is 161 g/mol. The van der Waals surface area contributed by atoms with Gasteiger partial charge in [0.25, 0.3) is 0 Å². The molecule has 0 aliphatic carbocycles. The molecular weight excluding hydrogens is 150 g/mol. The predicted octanol–water partition coefficient (Wildman–Crippen LogP) is 0.164. The van der Waals surface area contributed by atoms with Crippen LogP contribution in [0.25, 0.3) is 0 Å². The number of amides is 1. The van der Waals surface area contributed by atoms with Crippen molar-refractivity contribution in [2.45, 2.75) is 6.23 Å². The van der Waals surface area contributed by atoms with Gasteiger partial charge in [-0.3, -0.25) is 4.79 Å². The van der Waals surface area contributed by atoms with Crippen LogP contribution < -0.4 is 0 Å². The van der Waals surface area contributed by atoms with E-state index in [9.17, 15) is 4.79 Å². The second kappa shape index (κ2) is 3.83. The van der Waals surface area contributed by atoms with E-state index in [-0.39, 0.29) is 6.23 Å². The minimum Gasteiger partial charge on any atom is -0.361 e. The van der Waals surface area contributed by atoms with Crippen LogP contribution in [0.3, 0.4) is 0 Å². The summed E-state index contributed by atoms with van der Waals surface area (Å²) in [4.78, 5) is 12.1. The van der Waals surface area contributed by atoms with Crippen LogP contribution in [-0.2, 0) is 9.53 Å². The number of hydrogen-bond acceptors (Lipinski definition) is 3. The Morgan fingerprint density at radius 2 is 2.60 bits per heavy atom. The van der Waals surface area contributed by atoms with Gasteiger partial charge < -0.3 is 9.64 Å². The maximum absolute atomic E-state index is 10.4. The SMILES string of the molecule is COC1CSCCN1C=O. The van der Waals surface area contributed by atoms with Crippen LogP contribution in [-0.4, -0.2) is 42.7 Å². The van der Waals surface area contributed by atoms with Gasteiger partial charge in [-0.2, -0.15) is 11.8 Å². The first-order chi connectivity index (χ1) is 4.88.